The second kappa shape index (κ2) is 8.53. The summed E-state index contributed by atoms with van der Waals surface area (Å²) < 4.78 is 64.6. The summed E-state index contributed by atoms with van der Waals surface area (Å²) in [6.07, 6.45) is 0. The second-order valence-corrected chi connectivity index (χ2v) is 4.68. The van der Waals surface area contributed by atoms with Gasteiger partial charge in [-0.25, -0.2) is 4.79 Å². The van der Waals surface area contributed by atoms with Crippen molar-refractivity contribution in [3.8, 4) is 5.75 Å². The molecule has 20 heavy (non-hydrogen) atoms. The van der Waals surface area contributed by atoms with Crippen molar-refractivity contribution in [1.29, 1.82) is 0 Å². The van der Waals surface area contributed by atoms with E-state index in [0.717, 1.165) is 12.1 Å². The number of carboxylic acid groups (broad SMARTS) is 1. The number of rotatable bonds is 3. The van der Waals surface area contributed by atoms with Crippen molar-refractivity contribution in [2.45, 2.75) is 0 Å². The zero-order valence-corrected chi connectivity index (χ0v) is 10.5. The molecule has 13 heteroatoms. The predicted octanol–water partition coefficient (Wildman–Crippen LogP) is -0.735. The predicted molar refractivity (Wildman–Crippen MR) is 66.9 cm³/mol. The van der Waals surface area contributed by atoms with Crippen LogP contribution < -0.4 is 4.18 Å². The standard InChI is InChI=1S/C7H6O6S.Na.H2O4S.H/c8-7(9)5-3-1-2-4-6(5)13-14(10,11)12;;1-5(2,3)4;/h1-4H,(H,8,9)(H,10,11,12);;(H2,1,2,3,4);. The first-order valence-corrected chi connectivity index (χ1v) is 6.85. The first-order valence-electron chi connectivity index (χ1n) is 4.09. The number of hydrogen-bond donors (Lipinski definition) is 4. The van der Waals surface area contributed by atoms with Crippen LogP contribution in [0.3, 0.4) is 0 Å². The Labute approximate surface area is 136 Å². The quantitative estimate of drug-likeness (QED) is 0.405. The molecule has 0 radical (unpaired) electrons. The molecule has 110 valence electrons. The van der Waals surface area contributed by atoms with Crippen LogP contribution in [0.2, 0.25) is 0 Å². The van der Waals surface area contributed by atoms with E-state index in [9.17, 15) is 13.2 Å². The maximum absolute atomic E-state index is 10.6. The van der Waals surface area contributed by atoms with E-state index in [1.54, 1.807) is 0 Å². The van der Waals surface area contributed by atoms with E-state index in [-0.39, 0.29) is 35.1 Å². The van der Waals surface area contributed by atoms with Gasteiger partial charge in [-0.1, -0.05) is 12.1 Å². The van der Waals surface area contributed by atoms with Gasteiger partial charge < -0.3 is 9.29 Å². The Morgan fingerprint density at radius 1 is 1.00 bits per heavy atom. The number of aromatic carboxylic acids is 1. The summed E-state index contributed by atoms with van der Waals surface area (Å²) in [7, 11) is -9.36. The number of para-hydroxylation sites is 1. The fraction of sp³-hybridized carbons (Fsp3) is 0. The molecule has 1 aromatic rings. The van der Waals surface area contributed by atoms with E-state index in [1.807, 2.05) is 0 Å². The van der Waals surface area contributed by atoms with Crippen molar-refractivity contribution in [3.05, 3.63) is 29.8 Å². The molecule has 1 aromatic carbocycles. The van der Waals surface area contributed by atoms with Crippen LogP contribution in [0.15, 0.2) is 24.3 Å². The van der Waals surface area contributed by atoms with Gasteiger partial charge in [-0.2, -0.15) is 16.8 Å². The van der Waals surface area contributed by atoms with Gasteiger partial charge in [-0.05, 0) is 12.1 Å². The average molecular weight is 340 g/mol. The molecule has 0 aliphatic heterocycles. The van der Waals surface area contributed by atoms with Gasteiger partial charge in [0.2, 0.25) is 0 Å². The summed E-state index contributed by atoms with van der Waals surface area (Å²) in [5.41, 5.74) is -0.342. The molecule has 0 aliphatic carbocycles. The number of carbonyl (C=O) groups is 1. The molecule has 10 nitrogen and oxygen atoms in total. The van der Waals surface area contributed by atoms with E-state index in [2.05, 4.69) is 4.18 Å². The molecular formula is C7H9NaO10S2. The Morgan fingerprint density at radius 3 is 1.75 bits per heavy atom. The monoisotopic (exact) mass is 340 g/mol. The Bertz CT molecular complexity index is 642. The molecule has 1 rings (SSSR count). The zero-order chi connectivity index (χ0) is 15.3. The van der Waals surface area contributed by atoms with Crippen molar-refractivity contribution in [2.24, 2.45) is 0 Å². The Morgan fingerprint density at radius 2 is 1.40 bits per heavy atom. The normalized spacial score (nSPS) is 10.6. The minimum atomic E-state index is -4.70. The molecule has 0 bridgehead atoms. The second-order valence-electron chi connectivity index (χ2n) is 2.76. The molecule has 0 spiro atoms. The Kier molecular flexibility index (Phi) is 9.20. The fourth-order valence-corrected chi connectivity index (χ4v) is 1.20. The Balaban J connectivity index is 0. The van der Waals surface area contributed by atoms with Crippen molar-refractivity contribution in [1.82, 2.24) is 0 Å². The van der Waals surface area contributed by atoms with Crippen molar-refractivity contribution in [2.75, 3.05) is 0 Å². The molecule has 0 saturated heterocycles. The van der Waals surface area contributed by atoms with Crippen LogP contribution in [-0.4, -0.2) is 71.1 Å². The summed E-state index contributed by atoms with van der Waals surface area (Å²) in [6, 6.07) is 5.06. The molecule has 0 aromatic heterocycles. The SMILES string of the molecule is O=C(O)c1ccccc1OS(=O)(=O)O.O=S(=O)(O)O.[NaH]. The number of benzene rings is 1. The van der Waals surface area contributed by atoms with E-state index in [4.69, 9.17) is 27.2 Å². The molecule has 0 fully saturated rings. The van der Waals surface area contributed by atoms with Gasteiger partial charge >= 0.3 is 56.3 Å². The van der Waals surface area contributed by atoms with Crippen LogP contribution in [0.5, 0.6) is 5.75 Å². The third-order valence-corrected chi connectivity index (χ3v) is 1.70. The molecule has 0 heterocycles. The minimum absolute atomic E-state index is 0. The summed E-state index contributed by atoms with van der Waals surface area (Å²) in [4.78, 5) is 10.6. The van der Waals surface area contributed by atoms with Crippen molar-refractivity contribution < 1.29 is 44.6 Å². The van der Waals surface area contributed by atoms with Gasteiger partial charge in [-0.3, -0.25) is 13.7 Å². The van der Waals surface area contributed by atoms with Crippen LogP contribution in [0.1, 0.15) is 10.4 Å². The molecule has 0 atom stereocenters. The van der Waals surface area contributed by atoms with Crippen LogP contribution in [0.25, 0.3) is 0 Å². The number of hydrogen-bond acceptors (Lipinski definition) is 6. The molecule has 0 aliphatic rings. The summed E-state index contributed by atoms with van der Waals surface area (Å²) >= 11 is 0. The van der Waals surface area contributed by atoms with Crippen molar-refractivity contribution in [3.63, 3.8) is 0 Å². The molecule has 0 amide bonds. The molecule has 0 saturated carbocycles. The first kappa shape index (κ1) is 21.6. The summed E-state index contributed by atoms with van der Waals surface area (Å²) in [6.45, 7) is 0. The third-order valence-electron chi connectivity index (χ3n) is 1.31. The zero-order valence-electron chi connectivity index (χ0n) is 8.86. The van der Waals surface area contributed by atoms with Gasteiger partial charge in [0.1, 0.15) is 5.56 Å². The molecule has 4 N–H and O–H groups in total. The molecular weight excluding hydrogens is 331 g/mol. The van der Waals surface area contributed by atoms with E-state index in [0.29, 0.717) is 0 Å². The number of carboxylic acids is 1. The summed E-state index contributed by atoms with van der Waals surface area (Å²) in [5.74, 6) is -1.77. The molecule has 0 unspecified atom stereocenters. The van der Waals surface area contributed by atoms with Crippen LogP contribution in [0.4, 0.5) is 0 Å². The van der Waals surface area contributed by atoms with Crippen LogP contribution in [-0.2, 0) is 20.8 Å². The van der Waals surface area contributed by atoms with Crippen LogP contribution in [0, 0.1) is 0 Å². The first-order chi connectivity index (χ1) is 8.40. The Hall–Kier alpha value is -0.730. The topological polar surface area (TPSA) is 175 Å². The van der Waals surface area contributed by atoms with Gasteiger partial charge in [0, 0.05) is 0 Å². The van der Waals surface area contributed by atoms with Crippen LogP contribution >= 0.6 is 0 Å². The van der Waals surface area contributed by atoms with Gasteiger partial charge in [0.05, 0.1) is 0 Å². The van der Waals surface area contributed by atoms with Gasteiger partial charge in [0.25, 0.3) is 0 Å². The van der Waals surface area contributed by atoms with E-state index in [1.165, 1.54) is 12.1 Å². The third kappa shape index (κ3) is 12.3. The van der Waals surface area contributed by atoms with Gasteiger partial charge in [0.15, 0.2) is 5.75 Å². The van der Waals surface area contributed by atoms with E-state index < -0.39 is 32.5 Å². The maximum atomic E-state index is 10.6. The summed E-state index contributed by atoms with van der Waals surface area (Å²) in [5, 5.41) is 8.61. The van der Waals surface area contributed by atoms with Gasteiger partial charge in [-0.15, -0.1) is 0 Å². The van der Waals surface area contributed by atoms with Crippen molar-refractivity contribution >= 4 is 56.3 Å². The fourth-order valence-electron chi connectivity index (χ4n) is 0.829. The average Bonchev–Trinajstić information content (AvgIpc) is 2.12. The van der Waals surface area contributed by atoms with E-state index >= 15 is 0 Å².